The van der Waals surface area contributed by atoms with Gasteiger partial charge in [0.1, 0.15) is 5.75 Å². The van der Waals surface area contributed by atoms with Crippen LogP contribution in [0.3, 0.4) is 0 Å². The van der Waals surface area contributed by atoms with Crippen molar-refractivity contribution in [1.82, 2.24) is 9.78 Å². The number of carboxylic acid groups (broad SMARTS) is 1. The van der Waals surface area contributed by atoms with Gasteiger partial charge in [0, 0.05) is 19.3 Å². The minimum atomic E-state index is -1.14. The second-order valence-corrected chi connectivity index (χ2v) is 4.20. The van der Waals surface area contributed by atoms with E-state index in [-0.39, 0.29) is 11.3 Å². The minimum absolute atomic E-state index is 0.0304. The number of ether oxygens (including phenoxy) is 1. The van der Waals surface area contributed by atoms with Crippen molar-refractivity contribution in [2.45, 2.75) is 0 Å². The third kappa shape index (κ3) is 3.50. The van der Waals surface area contributed by atoms with Gasteiger partial charge < -0.3 is 20.5 Å². The van der Waals surface area contributed by atoms with Crippen molar-refractivity contribution in [3.63, 3.8) is 0 Å². The molecule has 0 spiro atoms. The second kappa shape index (κ2) is 5.95. The average Bonchev–Trinajstić information content (AvgIpc) is 2.83. The number of carboxylic acids is 1. The summed E-state index contributed by atoms with van der Waals surface area (Å²) in [5.41, 5.74) is 0.607. The molecule has 2 aromatic rings. The first-order valence-electron chi connectivity index (χ1n) is 5.97. The number of methoxy groups -OCH3 is 1. The largest absolute Gasteiger partial charge is 0.497 e. The first-order valence-corrected chi connectivity index (χ1v) is 5.97. The van der Waals surface area contributed by atoms with Crippen LogP contribution in [0.4, 0.5) is 16.2 Å². The number of hydrogen-bond donors (Lipinski definition) is 3. The minimum Gasteiger partial charge on any atom is -0.497 e. The Morgan fingerprint density at radius 2 is 2.10 bits per heavy atom. The number of amides is 2. The summed E-state index contributed by atoms with van der Waals surface area (Å²) in [6.07, 6.45) is 3.09. The topological polar surface area (TPSA) is 105 Å². The molecule has 0 aliphatic carbocycles. The Bertz CT molecular complexity index is 681. The fourth-order valence-corrected chi connectivity index (χ4v) is 1.71. The monoisotopic (exact) mass is 290 g/mol. The lowest BCUT2D eigenvalue weighted by molar-refractivity contribution is 0.0698. The standard InChI is InChI=1S/C13H14N4O4/c1-17-7-8(6-14-17)15-13(20)16-11-5-9(21-2)3-4-10(11)12(18)19/h3-7H,1-2H3,(H,18,19)(H2,15,16,20). The van der Waals surface area contributed by atoms with Crippen molar-refractivity contribution in [3.05, 3.63) is 36.2 Å². The molecule has 21 heavy (non-hydrogen) atoms. The van der Waals surface area contributed by atoms with Gasteiger partial charge in [-0.3, -0.25) is 4.68 Å². The number of hydrogen-bond acceptors (Lipinski definition) is 4. The summed E-state index contributed by atoms with van der Waals surface area (Å²) in [4.78, 5) is 23.0. The Balaban J connectivity index is 2.17. The molecular weight excluding hydrogens is 276 g/mol. The van der Waals surface area contributed by atoms with Crippen LogP contribution in [0.2, 0.25) is 0 Å². The molecule has 2 amide bonds. The highest BCUT2D eigenvalue weighted by atomic mass is 16.5. The van der Waals surface area contributed by atoms with Crippen molar-refractivity contribution in [2.75, 3.05) is 17.7 Å². The number of nitrogens with one attached hydrogen (secondary N) is 2. The zero-order chi connectivity index (χ0) is 15.4. The molecule has 1 aromatic heterocycles. The molecule has 0 unspecified atom stereocenters. The van der Waals surface area contributed by atoms with E-state index >= 15 is 0 Å². The highest BCUT2D eigenvalue weighted by Crippen LogP contribution is 2.22. The number of anilines is 2. The molecule has 0 bridgehead atoms. The average molecular weight is 290 g/mol. The number of aryl methyl sites for hydroxylation is 1. The van der Waals surface area contributed by atoms with Crippen LogP contribution in [0.5, 0.6) is 5.75 Å². The summed E-state index contributed by atoms with van der Waals surface area (Å²) in [7, 11) is 3.17. The predicted molar refractivity (Wildman–Crippen MR) is 75.8 cm³/mol. The van der Waals surface area contributed by atoms with E-state index in [9.17, 15) is 9.59 Å². The fourth-order valence-electron chi connectivity index (χ4n) is 1.71. The Labute approximate surface area is 120 Å². The predicted octanol–water partition coefficient (Wildman–Crippen LogP) is 1.77. The zero-order valence-corrected chi connectivity index (χ0v) is 11.5. The van der Waals surface area contributed by atoms with Crippen molar-refractivity contribution in [1.29, 1.82) is 0 Å². The van der Waals surface area contributed by atoms with Crippen LogP contribution >= 0.6 is 0 Å². The summed E-state index contributed by atoms with van der Waals surface area (Å²) < 4.78 is 6.55. The molecule has 0 radical (unpaired) electrons. The second-order valence-electron chi connectivity index (χ2n) is 4.20. The molecule has 0 saturated heterocycles. The van der Waals surface area contributed by atoms with E-state index in [4.69, 9.17) is 9.84 Å². The number of benzene rings is 1. The summed E-state index contributed by atoms with van der Waals surface area (Å²) >= 11 is 0. The van der Waals surface area contributed by atoms with Crippen molar-refractivity contribution in [2.24, 2.45) is 7.05 Å². The van der Waals surface area contributed by atoms with Gasteiger partial charge in [-0.2, -0.15) is 5.10 Å². The Kier molecular flexibility index (Phi) is 4.07. The van der Waals surface area contributed by atoms with E-state index in [0.29, 0.717) is 11.4 Å². The summed E-state index contributed by atoms with van der Waals surface area (Å²) in [6, 6.07) is 3.74. The van der Waals surface area contributed by atoms with Gasteiger partial charge in [0.25, 0.3) is 0 Å². The molecule has 0 aliphatic rings. The molecular formula is C13H14N4O4. The summed E-state index contributed by atoms with van der Waals surface area (Å²) in [5.74, 6) is -0.703. The Morgan fingerprint density at radius 1 is 1.33 bits per heavy atom. The number of carbonyl (C=O) groups is 2. The van der Waals surface area contributed by atoms with Gasteiger partial charge in [-0.15, -0.1) is 0 Å². The van der Waals surface area contributed by atoms with Crippen molar-refractivity contribution in [3.8, 4) is 5.75 Å². The van der Waals surface area contributed by atoms with Gasteiger partial charge in [0.05, 0.1) is 30.2 Å². The number of aromatic nitrogens is 2. The van der Waals surface area contributed by atoms with E-state index in [1.54, 1.807) is 13.2 Å². The third-order valence-corrected chi connectivity index (χ3v) is 2.67. The smallest absolute Gasteiger partial charge is 0.337 e. The molecule has 2 rings (SSSR count). The molecule has 0 fully saturated rings. The van der Waals surface area contributed by atoms with Gasteiger partial charge in [0.2, 0.25) is 0 Å². The first kappa shape index (κ1) is 14.4. The molecule has 0 saturated carbocycles. The number of aromatic carboxylic acids is 1. The van der Waals surface area contributed by atoms with E-state index in [1.807, 2.05) is 0 Å². The van der Waals surface area contributed by atoms with Gasteiger partial charge in [-0.05, 0) is 12.1 Å². The summed E-state index contributed by atoms with van der Waals surface area (Å²) in [6.45, 7) is 0. The highest BCUT2D eigenvalue weighted by Gasteiger charge is 2.14. The lowest BCUT2D eigenvalue weighted by Crippen LogP contribution is -2.20. The zero-order valence-electron chi connectivity index (χ0n) is 11.5. The van der Waals surface area contributed by atoms with Gasteiger partial charge in [-0.25, -0.2) is 9.59 Å². The normalized spacial score (nSPS) is 10.0. The van der Waals surface area contributed by atoms with Crippen LogP contribution in [0.25, 0.3) is 0 Å². The van der Waals surface area contributed by atoms with Gasteiger partial charge in [0.15, 0.2) is 0 Å². The van der Waals surface area contributed by atoms with Crippen LogP contribution in [0.1, 0.15) is 10.4 Å². The SMILES string of the molecule is COc1ccc(C(=O)O)c(NC(=O)Nc2cnn(C)c2)c1. The molecule has 0 aliphatic heterocycles. The van der Waals surface area contributed by atoms with Crippen molar-refractivity contribution < 1.29 is 19.4 Å². The number of urea groups is 1. The van der Waals surface area contributed by atoms with Crippen LogP contribution in [-0.4, -0.2) is 34.0 Å². The lowest BCUT2D eigenvalue weighted by Gasteiger charge is -2.10. The van der Waals surface area contributed by atoms with Crippen LogP contribution < -0.4 is 15.4 Å². The quantitative estimate of drug-likeness (QED) is 0.795. The number of nitrogens with zero attached hydrogens (tertiary/aromatic N) is 2. The third-order valence-electron chi connectivity index (χ3n) is 2.67. The van der Waals surface area contributed by atoms with E-state index in [1.165, 1.54) is 36.2 Å². The highest BCUT2D eigenvalue weighted by molar-refractivity contribution is 6.04. The lowest BCUT2D eigenvalue weighted by atomic mass is 10.1. The Morgan fingerprint density at radius 3 is 2.67 bits per heavy atom. The van der Waals surface area contributed by atoms with Crippen LogP contribution in [0.15, 0.2) is 30.6 Å². The molecule has 8 heteroatoms. The van der Waals surface area contributed by atoms with E-state index in [2.05, 4.69) is 15.7 Å². The number of carbonyl (C=O) groups excluding carboxylic acids is 1. The molecule has 1 heterocycles. The van der Waals surface area contributed by atoms with Gasteiger partial charge >= 0.3 is 12.0 Å². The summed E-state index contributed by atoms with van der Waals surface area (Å²) in [5, 5.41) is 18.0. The maximum atomic E-state index is 11.9. The van der Waals surface area contributed by atoms with E-state index in [0.717, 1.165) is 0 Å². The van der Waals surface area contributed by atoms with Crippen LogP contribution in [-0.2, 0) is 7.05 Å². The maximum Gasteiger partial charge on any atom is 0.337 e. The maximum absolute atomic E-state index is 11.9. The molecule has 110 valence electrons. The molecule has 3 N–H and O–H groups in total. The molecule has 8 nitrogen and oxygen atoms in total. The fraction of sp³-hybridized carbons (Fsp3) is 0.154. The van der Waals surface area contributed by atoms with Crippen LogP contribution in [0, 0.1) is 0 Å². The van der Waals surface area contributed by atoms with Gasteiger partial charge in [-0.1, -0.05) is 0 Å². The Hall–Kier alpha value is -3.03. The van der Waals surface area contributed by atoms with E-state index < -0.39 is 12.0 Å². The van der Waals surface area contributed by atoms with Crippen molar-refractivity contribution >= 4 is 23.4 Å². The molecule has 1 aromatic carbocycles. The molecule has 0 atom stereocenters. The first-order chi connectivity index (χ1) is 9.99. The number of rotatable bonds is 4.